The van der Waals surface area contributed by atoms with Crippen molar-refractivity contribution in [2.45, 2.75) is 31.7 Å². The molecule has 1 unspecified atom stereocenters. The summed E-state index contributed by atoms with van der Waals surface area (Å²) in [6.07, 6.45) is 2.71. The summed E-state index contributed by atoms with van der Waals surface area (Å²) in [7, 11) is -0.610. The molecule has 8 heteroatoms. The highest BCUT2D eigenvalue weighted by atomic mass is 32.2. The Hall–Kier alpha value is -2.19. The molecule has 0 aromatic heterocycles. The van der Waals surface area contributed by atoms with E-state index in [0.717, 1.165) is 4.31 Å². The Kier molecular flexibility index (Phi) is 6.50. The Labute approximate surface area is 148 Å². The standard InChI is InChI=1S/C17H24N2O5S/c1-17(2,3)15(16(21)22)18-14(20)11-8-12-6-9-13(10-7-12)25(23,24)19(4)5/h6-11,15H,1-5H3,(H,18,20)(H,21,22)/b11-8+. The van der Waals surface area contributed by atoms with Gasteiger partial charge in [0.05, 0.1) is 4.90 Å². The van der Waals surface area contributed by atoms with Crippen LogP contribution in [0, 0.1) is 5.41 Å². The number of carboxylic acids is 1. The number of amides is 1. The van der Waals surface area contributed by atoms with Crippen LogP contribution < -0.4 is 5.32 Å². The number of hydrogen-bond acceptors (Lipinski definition) is 4. The monoisotopic (exact) mass is 368 g/mol. The number of carbonyl (C=O) groups excluding carboxylic acids is 1. The molecule has 25 heavy (non-hydrogen) atoms. The lowest BCUT2D eigenvalue weighted by molar-refractivity contribution is -0.144. The fourth-order valence-corrected chi connectivity index (χ4v) is 2.87. The molecule has 0 fully saturated rings. The van der Waals surface area contributed by atoms with E-state index >= 15 is 0 Å². The molecular formula is C17H24N2O5S. The predicted molar refractivity (Wildman–Crippen MR) is 95.4 cm³/mol. The van der Waals surface area contributed by atoms with E-state index in [-0.39, 0.29) is 4.90 Å². The van der Waals surface area contributed by atoms with Crippen LogP contribution >= 0.6 is 0 Å². The molecule has 1 atom stereocenters. The van der Waals surface area contributed by atoms with Crippen molar-refractivity contribution in [1.29, 1.82) is 0 Å². The van der Waals surface area contributed by atoms with Crippen molar-refractivity contribution in [3.63, 3.8) is 0 Å². The van der Waals surface area contributed by atoms with Crippen LogP contribution in [0.3, 0.4) is 0 Å². The molecule has 0 aliphatic heterocycles. The number of nitrogens with one attached hydrogen (secondary N) is 1. The molecule has 2 N–H and O–H groups in total. The van der Waals surface area contributed by atoms with Gasteiger partial charge in [0.15, 0.2) is 0 Å². The fraction of sp³-hybridized carbons (Fsp3) is 0.412. The molecule has 0 saturated heterocycles. The van der Waals surface area contributed by atoms with Crippen molar-refractivity contribution in [3.8, 4) is 0 Å². The zero-order valence-electron chi connectivity index (χ0n) is 15.0. The van der Waals surface area contributed by atoms with E-state index in [9.17, 15) is 23.1 Å². The summed E-state index contributed by atoms with van der Waals surface area (Å²) in [5.74, 6) is -1.64. The molecule has 1 aromatic rings. The van der Waals surface area contributed by atoms with Gasteiger partial charge in [0.2, 0.25) is 15.9 Å². The average molecular weight is 368 g/mol. The van der Waals surface area contributed by atoms with Crippen molar-refractivity contribution >= 4 is 28.0 Å². The Bertz CT molecular complexity index is 759. The van der Waals surface area contributed by atoms with Crippen LogP contribution in [-0.2, 0) is 19.6 Å². The molecule has 138 valence electrons. The third kappa shape index (κ3) is 5.68. The lowest BCUT2D eigenvalue weighted by atomic mass is 9.87. The Morgan fingerprint density at radius 2 is 1.68 bits per heavy atom. The first-order chi connectivity index (χ1) is 11.4. The van der Waals surface area contributed by atoms with Crippen LogP contribution in [-0.4, -0.2) is 49.8 Å². The third-order valence-electron chi connectivity index (χ3n) is 3.49. The minimum absolute atomic E-state index is 0.151. The van der Waals surface area contributed by atoms with Crippen molar-refractivity contribution in [2.75, 3.05) is 14.1 Å². The van der Waals surface area contributed by atoms with Gasteiger partial charge in [0, 0.05) is 20.2 Å². The number of aliphatic carboxylic acids is 1. The number of sulfonamides is 1. The Morgan fingerprint density at radius 1 is 1.16 bits per heavy atom. The van der Waals surface area contributed by atoms with Crippen molar-refractivity contribution in [2.24, 2.45) is 5.41 Å². The van der Waals surface area contributed by atoms with Gasteiger partial charge in [0.1, 0.15) is 6.04 Å². The number of hydrogen-bond donors (Lipinski definition) is 2. The van der Waals surface area contributed by atoms with Crippen LogP contribution in [0.4, 0.5) is 0 Å². The zero-order valence-corrected chi connectivity index (χ0v) is 15.8. The van der Waals surface area contributed by atoms with Crippen molar-refractivity contribution < 1.29 is 23.1 Å². The van der Waals surface area contributed by atoms with Gasteiger partial charge in [0.25, 0.3) is 0 Å². The Morgan fingerprint density at radius 3 is 2.08 bits per heavy atom. The normalized spacial score (nSPS) is 13.8. The quantitative estimate of drug-likeness (QED) is 0.742. The van der Waals surface area contributed by atoms with Gasteiger partial charge in [-0.1, -0.05) is 32.9 Å². The average Bonchev–Trinajstić information content (AvgIpc) is 2.49. The number of benzene rings is 1. The molecule has 1 aromatic carbocycles. The van der Waals surface area contributed by atoms with E-state index < -0.39 is 33.4 Å². The smallest absolute Gasteiger partial charge is 0.326 e. The SMILES string of the molecule is CN(C)S(=O)(=O)c1ccc(/C=C/C(=O)NC(C(=O)O)C(C)(C)C)cc1. The van der Waals surface area contributed by atoms with Crippen LogP contribution in [0.15, 0.2) is 35.2 Å². The van der Waals surface area contributed by atoms with E-state index in [4.69, 9.17) is 0 Å². The van der Waals surface area contributed by atoms with E-state index in [0.29, 0.717) is 5.56 Å². The first-order valence-corrected chi connectivity index (χ1v) is 9.03. The maximum atomic E-state index is 12.0. The zero-order chi connectivity index (χ0) is 19.4. The minimum Gasteiger partial charge on any atom is -0.480 e. The number of carbonyl (C=O) groups is 2. The largest absolute Gasteiger partial charge is 0.480 e. The van der Waals surface area contributed by atoms with Crippen LogP contribution in [0.1, 0.15) is 26.3 Å². The second-order valence-electron chi connectivity index (χ2n) is 6.84. The van der Waals surface area contributed by atoms with Gasteiger partial charge in [-0.05, 0) is 29.2 Å². The predicted octanol–water partition coefficient (Wildman–Crippen LogP) is 1.57. The number of nitrogens with zero attached hydrogens (tertiary/aromatic N) is 1. The first-order valence-electron chi connectivity index (χ1n) is 7.59. The lowest BCUT2D eigenvalue weighted by Crippen LogP contribution is -2.48. The molecule has 1 rings (SSSR count). The Balaban J connectivity index is 2.85. The van der Waals surface area contributed by atoms with Gasteiger partial charge < -0.3 is 10.4 Å². The van der Waals surface area contributed by atoms with Crippen LogP contribution in [0.2, 0.25) is 0 Å². The van der Waals surface area contributed by atoms with Crippen molar-refractivity contribution in [3.05, 3.63) is 35.9 Å². The maximum absolute atomic E-state index is 12.0. The summed E-state index contributed by atoms with van der Waals surface area (Å²) in [5.41, 5.74) is -0.00664. The summed E-state index contributed by atoms with van der Waals surface area (Å²) >= 11 is 0. The molecule has 0 bridgehead atoms. The van der Waals surface area contributed by atoms with Gasteiger partial charge >= 0.3 is 5.97 Å². The molecule has 7 nitrogen and oxygen atoms in total. The number of rotatable bonds is 6. The van der Waals surface area contributed by atoms with E-state index in [1.165, 1.54) is 38.4 Å². The van der Waals surface area contributed by atoms with Crippen LogP contribution in [0.25, 0.3) is 6.08 Å². The highest BCUT2D eigenvalue weighted by Crippen LogP contribution is 2.19. The van der Waals surface area contributed by atoms with Gasteiger partial charge in [-0.15, -0.1) is 0 Å². The van der Waals surface area contributed by atoms with E-state index in [2.05, 4.69) is 5.32 Å². The molecule has 0 spiro atoms. The fourth-order valence-electron chi connectivity index (χ4n) is 1.97. The molecule has 0 aliphatic rings. The molecular weight excluding hydrogens is 344 g/mol. The molecule has 1 amide bonds. The summed E-state index contributed by atoms with van der Waals surface area (Å²) in [6.45, 7) is 5.17. The van der Waals surface area contributed by atoms with E-state index in [1.807, 2.05) is 0 Å². The summed E-state index contributed by atoms with van der Waals surface area (Å²) in [4.78, 5) is 23.3. The molecule has 0 aliphatic carbocycles. The summed E-state index contributed by atoms with van der Waals surface area (Å²) in [5, 5.41) is 11.6. The minimum atomic E-state index is -3.50. The second kappa shape index (κ2) is 7.79. The van der Waals surface area contributed by atoms with Gasteiger partial charge in [-0.2, -0.15) is 0 Å². The maximum Gasteiger partial charge on any atom is 0.326 e. The van der Waals surface area contributed by atoms with Gasteiger partial charge in [-0.3, -0.25) is 4.79 Å². The first kappa shape index (κ1) is 20.9. The molecule has 0 radical (unpaired) electrons. The molecule has 0 saturated carbocycles. The summed E-state index contributed by atoms with van der Waals surface area (Å²) < 4.78 is 25.1. The third-order valence-corrected chi connectivity index (χ3v) is 5.31. The summed E-state index contributed by atoms with van der Waals surface area (Å²) in [6, 6.07) is 5.01. The van der Waals surface area contributed by atoms with E-state index in [1.54, 1.807) is 32.9 Å². The lowest BCUT2D eigenvalue weighted by Gasteiger charge is -2.27. The number of carboxylic acid groups (broad SMARTS) is 1. The second-order valence-corrected chi connectivity index (χ2v) is 8.99. The highest BCUT2D eigenvalue weighted by Gasteiger charge is 2.31. The van der Waals surface area contributed by atoms with Gasteiger partial charge in [-0.25, -0.2) is 17.5 Å². The molecule has 0 heterocycles. The van der Waals surface area contributed by atoms with Crippen LogP contribution in [0.5, 0.6) is 0 Å². The highest BCUT2D eigenvalue weighted by molar-refractivity contribution is 7.89. The topological polar surface area (TPSA) is 104 Å². The van der Waals surface area contributed by atoms with Crippen molar-refractivity contribution in [1.82, 2.24) is 9.62 Å².